The molecule has 2 N–H and O–H groups in total. The van der Waals surface area contributed by atoms with E-state index >= 15 is 0 Å². The van der Waals surface area contributed by atoms with Gasteiger partial charge in [0.1, 0.15) is 5.75 Å². The number of aromatic nitrogens is 2. The number of H-pyrrole nitrogens is 1. The predicted molar refractivity (Wildman–Crippen MR) is 67.9 cm³/mol. The molecule has 2 aromatic carbocycles. The molecular weight excluding hydrogens is 212 g/mol. The van der Waals surface area contributed by atoms with Crippen molar-refractivity contribution in [2.45, 2.75) is 6.92 Å². The maximum Gasteiger partial charge on any atom is 0.132 e. The van der Waals surface area contributed by atoms with Crippen LogP contribution in [0.1, 0.15) is 5.69 Å². The van der Waals surface area contributed by atoms with Gasteiger partial charge in [-0.3, -0.25) is 5.10 Å². The number of benzene rings is 2. The van der Waals surface area contributed by atoms with Crippen LogP contribution in [0.15, 0.2) is 42.5 Å². The Bertz CT molecular complexity index is 686. The zero-order valence-corrected chi connectivity index (χ0v) is 9.44. The summed E-state index contributed by atoms with van der Waals surface area (Å²) < 4.78 is 0. The van der Waals surface area contributed by atoms with Crippen LogP contribution in [0.3, 0.4) is 0 Å². The number of aromatic hydroxyl groups is 1. The van der Waals surface area contributed by atoms with E-state index in [0.717, 1.165) is 27.7 Å². The molecule has 1 aromatic heterocycles. The molecule has 3 nitrogen and oxygen atoms in total. The molecule has 0 saturated heterocycles. The van der Waals surface area contributed by atoms with E-state index in [1.165, 1.54) is 0 Å². The van der Waals surface area contributed by atoms with Crippen molar-refractivity contribution in [1.82, 2.24) is 10.2 Å². The van der Waals surface area contributed by atoms with Gasteiger partial charge in [0.15, 0.2) is 0 Å². The molecule has 0 atom stereocenters. The zero-order chi connectivity index (χ0) is 11.8. The molecule has 0 fully saturated rings. The van der Waals surface area contributed by atoms with Crippen molar-refractivity contribution >= 4 is 10.8 Å². The molecule has 0 bridgehead atoms. The van der Waals surface area contributed by atoms with Crippen LogP contribution in [0.2, 0.25) is 0 Å². The van der Waals surface area contributed by atoms with Gasteiger partial charge in [0.2, 0.25) is 0 Å². The summed E-state index contributed by atoms with van der Waals surface area (Å²) in [5.41, 5.74) is 2.51. The monoisotopic (exact) mass is 224 g/mol. The second-order valence-corrected chi connectivity index (χ2v) is 4.12. The fourth-order valence-electron chi connectivity index (χ4n) is 2.02. The zero-order valence-electron chi connectivity index (χ0n) is 9.44. The maximum absolute atomic E-state index is 10.3. The Morgan fingerprint density at radius 2 is 1.94 bits per heavy atom. The normalized spacial score (nSPS) is 10.9. The number of nitrogens with zero attached hydrogens (tertiary/aromatic N) is 1. The van der Waals surface area contributed by atoms with Crippen LogP contribution in [0.25, 0.3) is 22.0 Å². The Kier molecular flexibility index (Phi) is 2.11. The molecule has 0 radical (unpaired) electrons. The third-order valence-electron chi connectivity index (χ3n) is 2.88. The van der Waals surface area contributed by atoms with Gasteiger partial charge in [0.05, 0.1) is 5.69 Å². The first-order valence-corrected chi connectivity index (χ1v) is 5.49. The van der Waals surface area contributed by atoms with Gasteiger partial charge >= 0.3 is 0 Å². The van der Waals surface area contributed by atoms with Crippen LogP contribution >= 0.6 is 0 Å². The number of rotatable bonds is 1. The van der Waals surface area contributed by atoms with Gasteiger partial charge in [-0.2, -0.15) is 5.10 Å². The van der Waals surface area contributed by atoms with E-state index in [0.29, 0.717) is 0 Å². The molecule has 84 valence electrons. The van der Waals surface area contributed by atoms with Crippen molar-refractivity contribution in [3.63, 3.8) is 0 Å². The molecule has 0 saturated carbocycles. The number of aryl methyl sites for hydroxylation is 1. The lowest BCUT2D eigenvalue weighted by Crippen LogP contribution is -1.81. The maximum atomic E-state index is 10.3. The van der Waals surface area contributed by atoms with Crippen LogP contribution in [0.5, 0.6) is 5.75 Å². The van der Waals surface area contributed by atoms with Gasteiger partial charge in [0, 0.05) is 16.6 Å². The van der Waals surface area contributed by atoms with Crippen molar-refractivity contribution in [2.75, 3.05) is 0 Å². The van der Waals surface area contributed by atoms with Gasteiger partial charge < -0.3 is 5.11 Å². The van der Waals surface area contributed by atoms with E-state index < -0.39 is 0 Å². The van der Waals surface area contributed by atoms with Gasteiger partial charge in [-0.15, -0.1) is 0 Å². The molecule has 3 aromatic rings. The summed E-state index contributed by atoms with van der Waals surface area (Å²) in [6.07, 6.45) is 0. The van der Waals surface area contributed by atoms with E-state index in [1.807, 2.05) is 49.4 Å². The van der Waals surface area contributed by atoms with Gasteiger partial charge in [-0.25, -0.2) is 0 Å². The first kappa shape index (κ1) is 9.90. The molecule has 17 heavy (non-hydrogen) atoms. The third-order valence-corrected chi connectivity index (χ3v) is 2.88. The molecule has 3 heteroatoms. The average molecular weight is 224 g/mol. The van der Waals surface area contributed by atoms with Crippen molar-refractivity contribution in [3.8, 4) is 17.0 Å². The Balaban J connectivity index is 2.28. The summed E-state index contributed by atoms with van der Waals surface area (Å²) in [5.74, 6) is 0.287. The van der Waals surface area contributed by atoms with Crippen molar-refractivity contribution < 1.29 is 5.11 Å². The summed E-state index contributed by atoms with van der Waals surface area (Å²) in [6.45, 7) is 1.94. The standard InChI is InChI=1S/C14H12N2O/c1-9-8-13(16-15-9)12-7-6-10-4-2-3-5-11(10)14(12)17/h2-8,17H,1H3,(H,15,16). The minimum absolute atomic E-state index is 0.287. The van der Waals surface area contributed by atoms with Gasteiger partial charge in [-0.05, 0) is 24.4 Å². The topological polar surface area (TPSA) is 48.9 Å². The van der Waals surface area contributed by atoms with Crippen LogP contribution in [0, 0.1) is 6.92 Å². The predicted octanol–water partition coefficient (Wildman–Crippen LogP) is 3.24. The third kappa shape index (κ3) is 1.56. The van der Waals surface area contributed by atoms with E-state index in [1.54, 1.807) is 0 Å². The molecular formula is C14H12N2O. The Hall–Kier alpha value is -2.29. The second-order valence-electron chi connectivity index (χ2n) is 4.12. The molecule has 3 rings (SSSR count). The van der Waals surface area contributed by atoms with E-state index in [2.05, 4.69) is 10.2 Å². The quantitative estimate of drug-likeness (QED) is 0.666. The smallest absolute Gasteiger partial charge is 0.132 e. The number of fused-ring (bicyclic) bond motifs is 1. The summed E-state index contributed by atoms with van der Waals surface area (Å²) >= 11 is 0. The highest BCUT2D eigenvalue weighted by Crippen LogP contribution is 2.34. The van der Waals surface area contributed by atoms with Crippen LogP contribution in [-0.2, 0) is 0 Å². The number of phenols is 1. The van der Waals surface area contributed by atoms with Crippen LogP contribution in [0.4, 0.5) is 0 Å². The van der Waals surface area contributed by atoms with E-state index in [4.69, 9.17) is 0 Å². The van der Waals surface area contributed by atoms with Crippen LogP contribution < -0.4 is 0 Å². The Morgan fingerprint density at radius 1 is 1.12 bits per heavy atom. The largest absolute Gasteiger partial charge is 0.507 e. The Morgan fingerprint density at radius 3 is 2.71 bits per heavy atom. The molecule has 0 aliphatic rings. The molecule has 1 heterocycles. The first-order valence-electron chi connectivity index (χ1n) is 5.49. The van der Waals surface area contributed by atoms with Crippen molar-refractivity contribution in [3.05, 3.63) is 48.2 Å². The van der Waals surface area contributed by atoms with E-state index in [9.17, 15) is 5.11 Å². The average Bonchev–Trinajstić information content (AvgIpc) is 2.77. The lowest BCUT2D eigenvalue weighted by molar-refractivity contribution is 0.483. The molecule has 0 unspecified atom stereocenters. The fourth-order valence-corrected chi connectivity index (χ4v) is 2.02. The minimum atomic E-state index is 0.287. The van der Waals surface area contributed by atoms with Crippen LogP contribution in [-0.4, -0.2) is 15.3 Å². The molecule has 0 amide bonds. The second kappa shape index (κ2) is 3.63. The fraction of sp³-hybridized carbons (Fsp3) is 0.0714. The summed E-state index contributed by atoms with van der Waals surface area (Å²) in [5, 5.41) is 19.2. The SMILES string of the molecule is Cc1cc(-c2ccc3ccccc3c2O)n[nH]1. The number of nitrogens with one attached hydrogen (secondary N) is 1. The van der Waals surface area contributed by atoms with Crippen molar-refractivity contribution in [1.29, 1.82) is 0 Å². The number of phenolic OH excluding ortho intramolecular Hbond substituents is 1. The minimum Gasteiger partial charge on any atom is -0.507 e. The number of aromatic amines is 1. The lowest BCUT2D eigenvalue weighted by Gasteiger charge is -2.05. The van der Waals surface area contributed by atoms with Crippen molar-refractivity contribution in [2.24, 2.45) is 0 Å². The summed E-state index contributed by atoms with van der Waals surface area (Å²) in [7, 11) is 0. The first-order chi connectivity index (χ1) is 8.25. The lowest BCUT2D eigenvalue weighted by atomic mass is 10.0. The highest BCUT2D eigenvalue weighted by Gasteiger charge is 2.10. The van der Waals surface area contributed by atoms with Gasteiger partial charge in [-0.1, -0.05) is 30.3 Å². The van der Waals surface area contributed by atoms with E-state index in [-0.39, 0.29) is 5.75 Å². The number of hydrogen-bond acceptors (Lipinski definition) is 2. The van der Waals surface area contributed by atoms with Gasteiger partial charge in [0.25, 0.3) is 0 Å². The summed E-state index contributed by atoms with van der Waals surface area (Å²) in [6, 6.07) is 13.6. The molecule has 0 aliphatic heterocycles. The highest BCUT2D eigenvalue weighted by molar-refractivity contribution is 5.94. The number of hydrogen-bond donors (Lipinski definition) is 2. The summed E-state index contributed by atoms with van der Waals surface area (Å²) in [4.78, 5) is 0. The Labute approximate surface area is 98.7 Å². The molecule has 0 spiro atoms. The highest BCUT2D eigenvalue weighted by atomic mass is 16.3. The molecule has 0 aliphatic carbocycles.